The van der Waals surface area contributed by atoms with Gasteiger partial charge in [0.1, 0.15) is 17.1 Å². The fourth-order valence-corrected chi connectivity index (χ4v) is 2.79. The number of fused-ring (bicyclic) bond motifs is 1. The van der Waals surface area contributed by atoms with E-state index < -0.39 is 0 Å². The third-order valence-corrected chi connectivity index (χ3v) is 3.92. The second kappa shape index (κ2) is 4.81. The van der Waals surface area contributed by atoms with Crippen LogP contribution in [-0.4, -0.2) is 22.5 Å². The molecule has 96 valence electrons. The Morgan fingerprint density at radius 2 is 2.28 bits per heavy atom. The largest absolute Gasteiger partial charge is 0.494 e. The summed E-state index contributed by atoms with van der Waals surface area (Å²) >= 11 is 5.89. The van der Waals surface area contributed by atoms with E-state index in [1.807, 2.05) is 12.1 Å². The maximum atomic E-state index is 5.89. The lowest BCUT2D eigenvalue weighted by Crippen LogP contribution is -2.19. The van der Waals surface area contributed by atoms with Gasteiger partial charge in [-0.25, -0.2) is 4.98 Å². The summed E-state index contributed by atoms with van der Waals surface area (Å²) < 4.78 is 7.76. The molecule has 1 fully saturated rings. The highest BCUT2D eigenvalue weighted by atomic mass is 35.5. The average Bonchev–Trinajstić information content (AvgIpc) is 2.67. The van der Waals surface area contributed by atoms with Gasteiger partial charge in [-0.15, -0.1) is 11.6 Å². The molecule has 0 atom stereocenters. The molecule has 1 aliphatic rings. The lowest BCUT2D eigenvalue weighted by molar-refractivity contribution is 0.314. The lowest BCUT2D eigenvalue weighted by atomic mass is 9.92. The van der Waals surface area contributed by atoms with Gasteiger partial charge in [0, 0.05) is 18.3 Å². The Bertz CT molecular complexity index is 560. The molecule has 1 aliphatic carbocycles. The first-order chi connectivity index (χ1) is 8.85. The minimum Gasteiger partial charge on any atom is -0.494 e. The van der Waals surface area contributed by atoms with Crippen LogP contribution in [0.5, 0.6) is 5.75 Å². The standard InChI is InChI=1S/C14H17ClN2O/c1-18-12-7-3-6-11-14(12)16-13(8-9-15)17(11)10-4-2-5-10/h3,6-7,10H,2,4-5,8-9H2,1H3. The summed E-state index contributed by atoms with van der Waals surface area (Å²) in [5.41, 5.74) is 2.14. The molecule has 0 amide bonds. The van der Waals surface area contributed by atoms with Crippen LogP contribution in [0.3, 0.4) is 0 Å². The van der Waals surface area contributed by atoms with E-state index in [9.17, 15) is 0 Å². The van der Waals surface area contributed by atoms with Gasteiger partial charge in [0.2, 0.25) is 0 Å². The molecule has 0 N–H and O–H groups in total. The van der Waals surface area contributed by atoms with E-state index in [0.717, 1.165) is 23.5 Å². The summed E-state index contributed by atoms with van der Waals surface area (Å²) in [7, 11) is 1.69. The van der Waals surface area contributed by atoms with Crippen LogP contribution in [0.1, 0.15) is 31.1 Å². The Morgan fingerprint density at radius 1 is 1.44 bits per heavy atom. The van der Waals surface area contributed by atoms with Crippen LogP contribution < -0.4 is 4.74 Å². The van der Waals surface area contributed by atoms with Gasteiger partial charge < -0.3 is 9.30 Å². The van der Waals surface area contributed by atoms with E-state index >= 15 is 0 Å². The number of nitrogens with zero attached hydrogens (tertiary/aromatic N) is 2. The average molecular weight is 265 g/mol. The number of rotatable bonds is 4. The molecule has 0 unspecified atom stereocenters. The molecule has 1 aromatic heterocycles. The van der Waals surface area contributed by atoms with Crippen LogP contribution in [0, 0.1) is 0 Å². The Morgan fingerprint density at radius 3 is 2.89 bits per heavy atom. The van der Waals surface area contributed by atoms with Crippen molar-refractivity contribution in [1.29, 1.82) is 0 Å². The Hall–Kier alpha value is -1.22. The molecule has 0 saturated heterocycles. The van der Waals surface area contributed by atoms with Crippen LogP contribution in [0.2, 0.25) is 0 Å². The molecule has 1 aromatic carbocycles. The monoisotopic (exact) mass is 264 g/mol. The minimum absolute atomic E-state index is 0.598. The number of aryl methyl sites for hydroxylation is 1. The first kappa shape index (κ1) is 11.8. The van der Waals surface area contributed by atoms with E-state index in [0.29, 0.717) is 11.9 Å². The van der Waals surface area contributed by atoms with Crippen LogP contribution in [0.4, 0.5) is 0 Å². The van der Waals surface area contributed by atoms with Gasteiger partial charge in [0.25, 0.3) is 0 Å². The van der Waals surface area contributed by atoms with Crippen molar-refractivity contribution >= 4 is 22.6 Å². The maximum Gasteiger partial charge on any atom is 0.146 e. The molecular formula is C14H17ClN2O. The van der Waals surface area contributed by atoms with Crippen molar-refractivity contribution in [2.75, 3.05) is 13.0 Å². The summed E-state index contributed by atoms with van der Waals surface area (Å²) in [6.45, 7) is 0. The highest BCUT2D eigenvalue weighted by Crippen LogP contribution is 2.37. The van der Waals surface area contributed by atoms with Crippen molar-refractivity contribution in [3.8, 4) is 5.75 Å². The zero-order chi connectivity index (χ0) is 12.5. The molecule has 0 spiro atoms. The van der Waals surface area contributed by atoms with Crippen LogP contribution in [0.15, 0.2) is 18.2 Å². The fourth-order valence-electron chi connectivity index (χ4n) is 2.62. The number of para-hydroxylation sites is 1. The lowest BCUT2D eigenvalue weighted by Gasteiger charge is -2.29. The number of ether oxygens (including phenoxy) is 1. The second-order valence-electron chi connectivity index (χ2n) is 4.75. The fraction of sp³-hybridized carbons (Fsp3) is 0.500. The number of imidazole rings is 1. The van der Waals surface area contributed by atoms with E-state index in [4.69, 9.17) is 21.3 Å². The van der Waals surface area contributed by atoms with E-state index in [1.165, 1.54) is 24.8 Å². The van der Waals surface area contributed by atoms with E-state index in [2.05, 4.69) is 10.6 Å². The highest BCUT2D eigenvalue weighted by molar-refractivity contribution is 6.17. The number of hydrogen-bond donors (Lipinski definition) is 0. The number of hydrogen-bond acceptors (Lipinski definition) is 2. The smallest absolute Gasteiger partial charge is 0.146 e. The van der Waals surface area contributed by atoms with Crippen molar-refractivity contribution in [1.82, 2.24) is 9.55 Å². The molecule has 1 saturated carbocycles. The predicted octanol–water partition coefficient (Wildman–Crippen LogP) is 3.55. The Balaban J connectivity index is 2.18. The van der Waals surface area contributed by atoms with Gasteiger partial charge in [-0.3, -0.25) is 0 Å². The van der Waals surface area contributed by atoms with Gasteiger partial charge in [-0.1, -0.05) is 6.07 Å². The van der Waals surface area contributed by atoms with Gasteiger partial charge in [-0.2, -0.15) is 0 Å². The molecule has 1 heterocycles. The van der Waals surface area contributed by atoms with E-state index in [1.54, 1.807) is 7.11 Å². The van der Waals surface area contributed by atoms with Crippen LogP contribution in [-0.2, 0) is 6.42 Å². The normalized spacial score (nSPS) is 15.9. The zero-order valence-electron chi connectivity index (χ0n) is 10.5. The molecule has 0 aliphatic heterocycles. The van der Waals surface area contributed by atoms with Gasteiger partial charge in [-0.05, 0) is 31.4 Å². The SMILES string of the molecule is COc1cccc2c1nc(CCCl)n2C1CCC1. The molecule has 2 aromatic rings. The van der Waals surface area contributed by atoms with E-state index in [-0.39, 0.29) is 0 Å². The first-order valence-electron chi connectivity index (χ1n) is 6.45. The second-order valence-corrected chi connectivity index (χ2v) is 5.13. The summed E-state index contributed by atoms with van der Waals surface area (Å²) in [6, 6.07) is 6.72. The zero-order valence-corrected chi connectivity index (χ0v) is 11.3. The molecule has 3 nitrogen and oxygen atoms in total. The number of halogens is 1. The summed E-state index contributed by atoms with van der Waals surface area (Å²) in [6.07, 6.45) is 4.63. The topological polar surface area (TPSA) is 27.1 Å². The quantitative estimate of drug-likeness (QED) is 0.790. The van der Waals surface area contributed by atoms with Crippen molar-refractivity contribution < 1.29 is 4.74 Å². The minimum atomic E-state index is 0.598. The Labute approximate surface area is 112 Å². The number of alkyl halides is 1. The third kappa shape index (κ3) is 1.77. The third-order valence-electron chi connectivity index (χ3n) is 3.73. The van der Waals surface area contributed by atoms with Crippen molar-refractivity contribution in [3.05, 3.63) is 24.0 Å². The summed E-state index contributed by atoms with van der Waals surface area (Å²) in [4.78, 5) is 4.73. The van der Waals surface area contributed by atoms with Crippen molar-refractivity contribution in [2.45, 2.75) is 31.7 Å². The number of aromatic nitrogens is 2. The van der Waals surface area contributed by atoms with Gasteiger partial charge in [0.05, 0.1) is 12.6 Å². The van der Waals surface area contributed by atoms with Crippen molar-refractivity contribution in [2.24, 2.45) is 0 Å². The highest BCUT2D eigenvalue weighted by Gasteiger charge is 2.25. The molecule has 18 heavy (non-hydrogen) atoms. The molecule has 0 bridgehead atoms. The van der Waals surface area contributed by atoms with Crippen molar-refractivity contribution in [3.63, 3.8) is 0 Å². The molecule has 4 heteroatoms. The van der Waals surface area contributed by atoms with Crippen LogP contribution >= 0.6 is 11.6 Å². The molecular weight excluding hydrogens is 248 g/mol. The molecule has 3 rings (SSSR count). The summed E-state index contributed by atoms with van der Waals surface area (Å²) in [5, 5.41) is 0. The summed E-state index contributed by atoms with van der Waals surface area (Å²) in [5.74, 6) is 2.55. The Kier molecular flexibility index (Phi) is 3.16. The maximum absolute atomic E-state index is 5.89. The van der Waals surface area contributed by atoms with Gasteiger partial charge >= 0.3 is 0 Å². The van der Waals surface area contributed by atoms with Gasteiger partial charge in [0.15, 0.2) is 0 Å². The number of methoxy groups -OCH3 is 1. The predicted molar refractivity (Wildman–Crippen MR) is 73.6 cm³/mol. The molecule has 0 radical (unpaired) electrons. The number of benzene rings is 1. The first-order valence-corrected chi connectivity index (χ1v) is 6.98. The van der Waals surface area contributed by atoms with Crippen LogP contribution in [0.25, 0.3) is 11.0 Å².